The molecule has 0 saturated carbocycles. The summed E-state index contributed by atoms with van der Waals surface area (Å²) >= 11 is 0. The van der Waals surface area contributed by atoms with Gasteiger partial charge in [-0.15, -0.1) is 0 Å². The zero-order valence-corrected chi connectivity index (χ0v) is 8.66. The first-order valence-corrected chi connectivity index (χ1v) is 4.83. The third-order valence-electron chi connectivity index (χ3n) is 2.19. The Hall–Kier alpha value is -1.82. The van der Waals surface area contributed by atoms with Gasteiger partial charge in [-0.1, -0.05) is 6.07 Å². The molecule has 0 atom stereocenters. The maximum atomic E-state index is 12.5. The molecule has 0 spiro atoms. The zero-order valence-electron chi connectivity index (χ0n) is 8.66. The fourth-order valence-corrected chi connectivity index (χ4v) is 1.36. The van der Waals surface area contributed by atoms with Crippen molar-refractivity contribution in [1.82, 2.24) is 4.98 Å². The molecular formula is C11H9F3N2O. The second-order valence-electron chi connectivity index (χ2n) is 3.41. The van der Waals surface area contributed by atoms with Crippen LogP contribution in [0.25, 0.3) is 11.5 Å². The van der Waals surface area contributed by atoms with Crippen LogP contribution in [0.1, 0.15) is 11.3 Å². The highest BCUT2D eigenvalue weighted by Crippen LogP contribution is 2.31. The van der Waals surface area contributed by atoms with Crippen molar-refractivity contribution >= 4 is 0 Å². The summed E-state index contributed by atoms with van der Waals surface area (Å²) in [4.78, 5) is 3.87. The lowest BCUT2D eigenvalue weighted by molar-refractivity contribution is -0.137. The van der Waals surface area contributed by atoms with Crippen LogP contribution in [-0.2, 0) is 12.7 Å². The quantitative estimate of drug-likeness (QED) is 0.880. The van der Waals surface area contributed by atoms with Crippen LogP contribution in [0.15, 0.2) is 34.9 Å². The Labute approximate surface area is 95.1 Å². The summed E-state index contributed by atoms with van der Waals surface area (Å²) in [5.74, 6) is 0.564. The number of nitrogens with zero attached hydrogens (tertiary/aromatic N) is 1. The summed E-state index contributed by atoms with van der Waals surface area (Å²) in [7, 11) is 0. The fourth-order valence-electron chi connectivity index (χ4n) is 1.36. The van der Waals surface area contributed by atoms with E-state index in [-0.39, 0.29) is 18.0 Å². The van der Waals surface area contributed by atoms with Gasteiger partial charge in [0.15, 0.2) is 0 Å². The second-order valence-corrected chi connectivity index (χ2v) is 3.41. The van der Waals surface area contributed by atoms with Gasteiger partial charge in [0.25, 0.3) is 0 Å². The van der Waals surface area contributed by atoms with E-state index in [1.807, 2.05) is 0 Å². The third-order valence-corrected chi connectivity index (χ3v) is 2.19. The molecule has 2 N–H and O–H groups in total. The summed E-state index contributed by atoms with van der Waals surface area (Å²) < 4.78 is 42.6. The summed E-state index contributed by atoms with van der Waals surface area (Å²) in [6, 6.07) is 4.80. The molecule has 0 saturated heterocycles. The number of halogens is 3. The van der Waals surface area contributed by atoms with Crippen molar-refractivity contribution in [2.75, 3.05) is 0 Å². The number of hydrogen-bond acceptors (Lipinski definition) is 3. The van der Waals surface area contributed by atoms with Crippen LogP contribution in [0.5, 0.6) is 0 Å². The van der Waals surface area contributed by atoms with Crippen molar-refractivity contribution in [2.45, 2.75) is 12.7 Å². The van der Waals surface area contributed by atoms with E-state index in [1.165, 1.54) is 18.3 Å². The fraction of sp³-hybridized carbons (Fsp3) is 0.182. The Kier molecular flexibility index (Phi) is 2.89. The van der Waals surface area contributed by atoms with Gasteiger partial charge >= 0.3 is 6.18 Å². The van der Waals surface area contributed by atoms with Gasteiger partial charge in [0.1, 0.15) is 5.76 Å². The van der Waals surface area contributed by atoms with E-state index in [2.05, 4.69) is 4.98 Å². The second kappa shape index (κ2) is 4.21. The summed E-state index contributed by atoms with van der Waals surface area (Å²) in [6.45, 7) is 0.159. The Morgan fingerprint density at radius 2 is 2.06 bits per heavy atom. The minimum Gasteiger partial charge on any atom is -0.440 e. The first-order valence-electron chi connectivity index (χ1n) is 4.83. The number of benzene rings is 1. The molecule has 1 aromatic heterocycles. The first kappa shape index (κ1) is 11.7. The standard InChI is InChI=1S/C11H9F3N2O/c12-11(13,14)8-3-1-2-7(4-8)10-16-6-9(5-15)17-10/h1-4,6H,5,15H2. The summed E-state index contributed by atoms with van der Waals surface area (Å²) in [5, 5.41) is 0. The molecule has 0 aliphatic rings. The zero-order chi connectivity index (χ0) is 12.5. The molecule has 2 aromatic rings. The number of aromatic nitrogens is 1. The molecular weight excluding hydrogens is 233 g/mol. The Bertz CT molecular complexity index is 519. The van der Waals surface area contributed by atoms with Gasteiger partial charge < -0.3 is 10.2 Å². The van der Waals surface area contributed by atoms with Gasteiger partial charge in [-0.2, -0.15) is 13.2 Å². The number of hydrogen-bond donors (Lipinski definition) is 1. The van der Waals surface area contributed by atoms with Crippen LogP contribution in [-0.4, -0.2) is 4.98 Å². The van der Waals surface area contributed by atoms with E-state index < -0.39 is 11.7 Å². The van der Waals surface area contributed by atoms with Crippen LogP contribution in [0.4, 0.5) is 13.2 Å². The maximum absolute atomic E-state index is 12.5. The van der Waals surface area contributed by atoms with E-state index in [4.69, 9.17) is 10.2 Å². The average molecular weight is 242 g/mol. The van der Waals surface area contributed by atoms with Crippen LogP contribution in [0, 0.1) is 0 Å². The molecule has 0 bridgehead atoms. The van der Waals surface area contributed by atoms with Gasteiger partial charge in [0, 0.05) is 5.56 Å². The minimum atomic E-state index is -4.38. The van der Waals surface area contributed by atoms with Crippen molar-refractivity contribution in [3.8, 4) is 11.5 Å². The SMILES string of the molecule is NCc1cnc(-c2cccc(C(F)(F)F)c2)o1. The number of rotatable bonds is 2. The van der Waals surface area contributed by atoms with Gasteiger partial charge in [0.05, 0.1) is 18.3 Å². The molecule has 3 nitrogen and oxygen atoms in total. The van der Waals surface area contributed by atoms with Crippen LogP contribution < -0.4 is 5.73 Å². The van der Waals surface area contributed by atoms with E-state index in [1.54, 1.807) is 0 Å². The van der Waals surface area contributed by atoms with Crippen molar-refractivity contribution in [3.63, 3.8) is 0 Å². The van der Waals surface area contributed by atoms with E-state index in [0.717, 1.165) is 12.1 Å². The number of oxazole rings is 1. The van der Waals surface area contributed by atoms with Gasteiger partial charge in [-0.25, -0.2) is 4.98 Å². The van der Waals surface area contributed by atoms with E-state index in [0.29, 0.717) is 5.76 Å². The van der Waals surface area contributed by atoms with Gasteiger partial charge in [0.2, 0.25) is 5.89 Å². The number of nitrogens with two attached hydrogens (primary N) is 1. The normalized spacial score (nSPS) is 11.8. The van der Waals surface area contributed by atoms with Crippen molar-refractivity contribution < 1.29 is 17.6 Å². The van der Waals surface area contributed by atoms with E-state index in [9.17, 15) is 13.2 Å². The highest BCUT2D eigenvalue weighted by Gasteiger charge is 2.30. The molecule has 0 amide bonds. The predicted octanol–water partition coefficient (Wildman–Crippen LogP) is 2.82. The highest BCUT2D eigenvalue weighted by molar-refractivity contribution is 5.54. The highest BCUT2D eigenvalue weighted by atomic mass is 19.4. The summed E-state index contributed by atoms with van der Waals surface area (Å²) in [5.41, 5.74) is 4.87. The monoisotopic (exact) mass is 242 g/mol. The first-order chi connectivity index (χ1) is 8.00. The van der Waals surface area contributed by atoms with Crippen molar-refractivity contribution in [1.29, 1.82) is 0 Å². The molecule has 0 aliphatic carbocycles. The van der Waals surface area contributed by atoms with Crippen LogP contribution in [0.2, 0.25) is 0 Å². The summed E-state index contributed by atoms with van der Waals surface area (Å²) in [6.07, 6.45) is -2.98. The Balaban J connectivity index is 2.39. The van der Waals surface area contributed by atoms with Crippen LogP contribution in [0.3, 0.4) is 0 Å². The van der Waals surface area contributed by atoms with Crippen LogP contribution >= 0.6 is 0 Å². The predicted molar refractivity (Wildman–Crippen MR) is 54.8 cm³/mol. The molecule has 0 fully saturated rings. The average Bonchev–Trinajstić information content (AvgIpc) is 2.76. The van der Waals surface area contributed by atoms with Gasteiger partial charge in [-0.05, 0) is 18.2 Å². The molecule has 0 radical (unpaired) electrons. The largest absolute Gasteiger partial charge is 0.440 e. The molecule has 2 rings (SSSR count). The van der Waals surface area contributed by atoms with E-state index >= 15 is 0 Å². The lowest BCUT2D eigenvalue weighted by Crippen LogP contribution is -2.04. The maximum Gasteiger partial charge on any atom is 0.416 e. The van der Waals surface area contributed by atoms with Gasteiger partial charge in [-0.3, -0.25) is 0 Å². The lowest BCUT2D eigenvalue weighted by atomic mass is 10.1. The third kappa shape index (κ3) is 2.47. The topological polar surface area (TPSA) is 52.0 Å². The van der Waals surface area contributed by atoms with Crippen molar-refractivity contribution in [2.24, 2.45) is 5.73 Å². The molecule has 0 unspecified atom stereocenters. The Morgan fingerprint density at radius 1 is 1.29 bits per heavy atom. The number of alkyl halides is 3. The Morgan fingerprint density at radius 3 is 2.65 bits per heavy atom. The molecule has 17 heavy (non-hydrogen) atoms. The lowest BCUT2D eigenvalue weighted by Gasteiger charge is -2.06. The molecule has 6 heteroatoms. The molecule has 90 valence electrons. The smallest absolute Gasteiger partial charge is 0.416 e. The minimum absolute atomic E-state index is 0.136. The molecule has 1 aromatic carbocycles. The van der Waals surface area contributed by atoms with Crippen molar-refractivity contribution in [3.05, 3.63) is 41.8 Å². The molecule has 1 heterocycles. The molecule has 0 aliphatic heterocycles.